The van der Waals surface area contributed by atoms with E-state index in [0.717, 1.165) is 23.7 Å². The summed E-state index contributed by atoms with van der Waals surface area (Å²) >= 11 is 0. The Morgan fingerprint density at radius 1 is 1.20 bits per heavy atom. The van der Waals surface area contributed by atoms with Crippen LogP contribution < -0.4 is 5.43 Å². The van der Waals surface area contributed by atoms with Crippen LogP contribution in [0.1, 0.15) is 27.2 Å². The average Bonchev–Trinajstić information content (AvgIpc) is 2.68. The van der Waals surface area contributed by atoms with Gasteiger partial charge in [-0.3, -0.25) is 5.43 Å². The molecule has 0 radical (unpaired) electrons. The van der Waals surface area contributed by atoms with Gasteiger partial charge in [-0.25, -0.2) is 4.99 Å². The molecule has 1 aromatic rings. The van der Waals surface area contributed by atoms with Crippen molar-refractivity contribution in [2.75, 3.05) is 0 Å². The topological polar surface area (TPSA) is 36.8 Å². The van der Waals surface area contributed by atoms with Gasteiger partial charge in [-0.1, -0.05) is 32.0 Å². The predicted molar refractivity (Wildman–Crippen MR) is 65.7 cm³/mol. The molecule has 15 heavy (non-hydrogen) atoms. The maximum Gasteiger partial charge on any atom is 0.128 e. The van der Waals surface area contributed by atoms with E-state index in [1.807, 2.05) is 51.1 Å². The second-order valence-electron chi connectivity index (χ2n) is 3.03. The van der Waals surface area contributed by atoms with Crippen LogP contribution in [0.15, 0.2) is 40.4 Å². The van der Waals surface area contributed by atoms with Crippen molar-refractivity contribution in [3.05, 3.63) is 30.3 Å². The zero-order chi connectivity index (χ0) is 11.1. The van der Waals surface area contributed by atoms with E-state index in [2.05, 4.69) is 15.5 Å². The van der Waals surface area contributed by atoms with Crippen LogP contribution in [0.25, 0.3) is 0 Å². The van der Waals surface area contributed by atoms with Crippen LogP contribution in [0, 0.1) is 0 Å². The van der Waals surface area contributed by atoms with Gasteiger partial charge < -0.3 is 0 Å². The lowest BCUT2D eigenvalue weighted by Gasteiger charge is -1.95. The molecule has 0 spiro atoms. The molecule has 0 fully saturated rings. The van der Waals surface area contributed by atoms with Gasteiger partial charge >= 0.3 is 0 Å². The first kappa shape index (κ1) is 11.4. The van der Waals surface area contributed by atoms with Gasteiger partial charge in [-0.15, -0.1) is 0 Å². The van der Waals surface area contributed by atoms with Crippen molar-refractivity contribution in [1.29, 1.82) is 0 Å². The molecule has 1 aliphatic heterocycles. The van der Waals surface area contributed by atoms with Gasteiger partial charge in [0.25, 0.3) is 0 Å². The average molecular weight is 203 g/mol. The van der Waals surface area contributed by atoms with Crippen molar-refractivity contribution in [3.63, 3.8) is 0 Å². The number of para-hydroxylation sites is 1. The highest BCUT2D eigenvalue weighted by molar-refractivity contribution is 6.06. The Kier molecular flexibility index (Phi) is 4.54. The Labute approximate surface area is 90.9 Å². The van der Waals surface area contributed by atoms with Crippen LogP contribution >= 0.6 is 0 Å². The van der Waals surface area contributed by atoms with E-state index >= 15 is 0 Å². The molecule has 0 bridgehead atoms. The van der Waals surface area contributed by atoms with Gasteiger partial charge in [-0.2, -0.15) is 5.10 Å². The molecule has 1 aromatic carbocycles. The first-order chi connectivity index (χ1) is 7.34. The van der Waals surface area contributed by atoms with Gasteiger partial charge in [-0.05, 0) is 19.1 Å². The summed E-state index contributed by atoms with van der Waals surface area (Å²) in [5, 5.41) is 4.05. The number of aliphatic imine (C=N–C) groups is 1. The van der Waals surface area contributed by atoms with Crippen molar-refractivity contribution >= 4 is 17.2 Å². The Hall–Kier alpha value is -1.64. The van der Waals surface area contributed by atoms with Crippen LogP contribution in [0.2, 0.25) is 0 Å². The van der Waals surface area contributed by atoms with E-state index in [-0.39, 0.29) is 0 Å². The minimum Gasteiger partial charge on any atom is -0.265 e. The summed E-state index contributed by atoms with van der Waals surface area (Å²) in [7, 11) is 0. The molecule has 0 aliphatic carbocycles. The molecule has 0 unspecified atom stereocenters. The summed E-state index contributed by atoms with van der Waals surface area (Å²) < 4.78 is 0. The summed E-state index contributed by atoms with van der Waals surface area (Å²) in [6.45, 7) is 5.99. The van der Waals surface area contributed by atoms with Gasteiger partial charge in [0.2, 0.25) is 0 Å². The fourth-order valence-electron chi connectivity index (χ4n) is 1.20. The van der Waals surface area contributed by atoms with Crippen LogP contribution in [0.5, 0.6) is 0 Å². The van der Waals surface area contributed by atoms with E-state index in [4.69, 9.17) is 0 Å². The number of amidine groups is 1. The Bertz CT molecular complexity index is 352. The summed E-state index contributed by atoms with van der Waals surface area (Å²) in [5.41, 5.74) is 4.94. The van der Waals surface area contributed by atoms with Crippen molar-refractivity contribution in [1.82, 2.24) is 5.43 Å². The second-order valence-corrected chi connectivity index (χ2v) is 3.03. The highest BCUT2D eigenvalue weighted by Gasteiger charge is 2.07. The largest absolute Gasteiger partial charge is 0.265 e. The number of nitrogens with one attached hydrogen (secondary N) is 1. The molecule has 3 heteroatoms. The highest BCUT2D eigenvalue weighted by Crippen LogP contribution is 2.11. The lowest BCUT2D eigenvalue weighted by Crippen LogP contribution is -2.09. The van der Waals surface area contributed by atoms with Gasteiger partial charge in [0, 0.05) is 12.1 Å². The molecule has 0 saturated carbocycles. The van der Waals surface area contributed by atoms with Crippen molar-refractivity contribution in [3.8, 4) is 0 Å². The summed E-state index contributed by atoms with van der Waals surface area (Å²) in [5.74, 6) is 0.920. The maximum absolute atomic E-state index is 4.40. The molecule has 0 atom stereocenters. The lowest BCUT2D eigenvalue weighted by atomic mass is 10.3. The van der Waals surface area contributed by atoms with E-state index in [1.165, 1.54) is 0 Å². The molecule has 0 amide bonds. The van der Waals surface area contributed by atoms with E-state index in [1.54, 1.807) is 0 Å². The molecule has 3 nitrogen and oxygen atoms in total. The normalized spacial score (nSPS) is 16.5. The standard InChI is InChI=1S/C10H11N3.C2H6/c1-8-7-10(13-12-8)11-9-5-3-2-4-6-9;1-2/h2-6H,7H2,1H3,(H,11,13);1-2H3. The fourth-order valence-corrected chi connectivity index (χ4v) is 1.20. The molecule has 0 saturated heterocycles. The highest BCUT2D eigenvalue weighted by atomic mass is 15.3. The SMILES string of the molecule is CC.CC1=NNC(=Nc2ccccc2)C1. The van der Waals surface area contributed by atoms with Gasteiger partial charge in [0.1, 0.15) is 5.84 Å². The molecule has 80 valence electrons. The van der Waals surface area contributed by atoms with E-state index in [9.17, 15) is 0 Å². The Balaban J connectivity index is 0.000000531. The van der Waals surface area contributed by atoms with Crippen molar-refractivity contribution in [2.24, 2.45) is 10.1 Å². The smallest absolute Gasteiger partial charge is 0.128 e. The van der Waals surface area contributed by atoms with Crippen molar-refractivity contribution < 1.29 is 0 Å². The quantitative estimate of drug-likeness (QED) is 0.748. The Morgan fingerprint density at radius 2 is 1.87 bits per heavy atom. The summed E-state index contributed by atoms with van der Waals surface area (Å²) in [4.78, 5) is 4.40. The molecular weight excluding hydrogens is 186 g/mol. The molecule has 1 heterocycles. The first-order valence-electron chi connectivity index (χ1n) is 5.26. The molecular formula is C12H17N3. The molecule has 2 rings (SSSR count). The number of nitrogens with zero attached hydrogens (tertiary/aromatic N) is 2. The van der Waals surface area contributed by atoms with Crippen LogP contribution in [-0.2, 0) is 0 Å². The van der Waals surface area contributed by atoms with Crippen LogP contribution in [0.3, 0.4) is 0 Å². The van der Waals surface area contributed by atoms with Crippen LogP contribution in [-0.4, -0.2) is 11.5 Å². The summed E-state index contributed by atoms with van der Waals surface area (Å²) in [6, 6.07) is 9.88. The minimum atomic E-state index is 0.828. The molecule has 1 aliphatic rings. The third-order valence-corrected chi connectivity index (χ3v) is 1.82. The van der Waals surface area contributed by atoms with E-state index in [0.29, 0.717) is 0 Å². The number of rotatable bonds is 1. The zero-order valence-electron chi connectivity index (χ0n) is 9.49. The van der Waals surface area contributed by atoms with Crippen LogP contribution in [0.4, 0.5) is 5.69 Å². The predicted octanol–water partition coefficient (Wildman–Crippen LogP) is 3.11. The number of benzene rings is 1. The Morgan fingerprint density at radius 3 is 2.40 bits per heavy atom. The number of hydrazone groups is 1. The third kappa shape index (κ3) is 3.54. The lowest BCUT2D eigenvalue weighted by molar-refractivity contribution is 1.05. The van der Waals surface area contributed by atoms with Crippen molar-refractivity contribution in [2.45, 2.75) is 27.2 Å². The number of hydrogen-bond donors (Lipinski definition) is 1. The minimum absolute atomic E-state index is 0.828. The summed E-state index contributed by atoms with van der Waals surface area (Å²) in [6.07, 6.45) is 0.828. The third-order valence-electron chi connectivity index (χ3n) is 1.82. The van der Waals surface area contributed by atoms with Gasteiger partial charge in [0.15, 0.2) is 0 Å². The molecule has 1 N–H and O–H groups in total. The number of hydrogen-bond acceptors (Lipinski definition) is 2. The zero-order valence-corrected chi connectivity index (χ0v) is 9.49. The second kappa shape index (κ2) is 5.96. The maximum atomic E-state index is 4.40. The fraction of sp³-hybridized carbons (Fsp3) is 0.333. The molecule has 0 aromatic heterocycles. The van der Waals surface area contributed by atoms with E-state index < -0.39 is 0 Å². The van der Waals surface area contributed by atoms with Gasteiger partial charge in [0.05, 0.1) is 5.69 Å². The monoisotopic (exact) mass is 203 g/mol. The first-order valence-corrected chi connectivity index (χ1v) is 5.26.